The number of amides is 1. The maximum Gasteiger partial charge on any atom is 0.244 e. The van der Waals surface area contributed by atoms with Crippen molar-refractivity contribution in [3.63, 3.8) is 0 Å². The number of halogens is 2. The SMILES string of the molecule is C[C@H](C(=O)N[C@@H]1CCO[C@H]1c1ccc(Cl)c(F)c1)n1cncn1. The Hall–Kier alpha value is -1.99. The van der Waals surface area contributed by atoms with Crippen molar-refractivity contribution in [2.75, 3.05) is 6.61 Å². The van der Waals surface area contributed by atoms with Gasteiger partial charge in [-0.25, -0.2) is 14.1 Å². The van der Waals surface area contributed by atoms with Crippen LogP contribution in [-0.2, 0) is 9.53 Å². The average Bonchev–Trinajstić information content (AvgIpc) is 3.20. The average molecular weight is 339 g/mol. The standard InChI is InChI=1S/C15H16ClFN4O2/c1-9(21-8-18-7-19-21)15(22)20-13-4-5-23-14(13)10-2-3-11(16)12(17)6-10/h2-3,6-9,13-14H,4-5H2,1H3,(H,20,22)/t9-,13-,14+/m1/s1. The number of rotatable bonds is 4. The molecular weight excluding hydrogens is 323 g/mol. The van der Waals surface area contributed by atoms with Crippen molar-refractivity contribution in [2.45, 2.75) is 31.5 Å². The van der Waals surface area contributed by atoms with E-state index in [-0.39, 0.29) is 17.0 Å². The Morgan fingerprint density at radius 2 is 2.39 bits per heavy atom. The van der Waals surface area contributed by atoms with Gasteiger partial charge in [-0.3, -0.25) is 4.79 Å². The van der Waals surface area contributed by atoms with Crippen LogP contribution in [0.3, 0.4) is 0 Å². The van der Waals surface area contributed by atoms with Crippen LogP contribution in [0.5, 0.6) is 0 Å². The molecule has 1 fully saturated rings. The molecule has 2 aromatic rings. The van der Waals surface area contributed by atoms with E-state index in [1.807, 2.05) is 0 Å². The van der Waals surface area contributed by atoms with Gasteiger partial charge in [0.1, 0.15) is 30.6 Å². The predicted octanol–water partition coefficient (Wildman–Crippen LogP) is 2.28. The third-order valence-electron chi connectivity index (χ3n) is 3.90. The first-order valence-electron chi connectivity index (χ1n) is 7.27. The first kappa shape index (κ1) is 15.9. The van der Waals surface area contributed by atoms with Gasteiger partial charge in [0.15, 0.2) is 0 Å². The summed E-state index contributed by atoms with van der Waals surface area (Å²) in [6, 6.07) is 3.83. The number of ether oxygens (including phenoxy) is 1. The van der Waals surface area contributed by atoms with Crippen molar-refractivity contribution < 1.29 is 13.9 Å². The van der Waals surface area contributed by atoms with E-state index in [2.05, 4.69) is 15.4 Å². The second kappa shape index (κ2) is 6.64. The summed E-state index contributed by atoms with van der Waals surface area (Å²) in [5.74, 6) is -0.689. The third-order valence-corrected chi connectivity index (χ3v) is 4.21. The summed E-state index contributed by atoms with van der Waals surface area (Å²) in [6.45, 7) is 2.23. The van der Waals surface area contributed by atoms with E-state index in [1.54, 1.807) is 13.0 Å². The van der Waals surface area contributed by atoms with Crippen molar-refractivity contribution in [1.82, 2.24) is 20.1 Å². The van der Waals surface area contributed by atoms with Gasteiger partial charge in [-0.15, -0.1) is 0 Å². The number of aromatic nitrogens is 3. The summed E-state index contributed by atoms with van der Waals surface area (Å²) in [4.78, 5) is 16.2. The van der Waals surface area contributed by atoms with Gasteiger partial charge in [-0.1, -0.05) is 17.7 Å². The van der Waals surface area contributed by atoms with Crippen LogP contribution in [-0.4, -0.2) is 33.3 Å². The number of carbonyl (C=O) groups excluding carboxylic acids is 1. The fraction of sp³-hybridized carbons (Fsp3) is 0.400. The van der Waals surface area contributed by atoms with Gasteiger partial charge in [0.05, 0.1) is 11.1 Å². The Labute approximate surface area is 137 Å². The number of hydrogen-bond donors (Lipinski definition) is 1. The van der Waals surface area contributed by atoms with Crippen LogP contribution in [0, 0.1) is 5.82 Å². The predicted molar refractivity (Wildman–Crippen MR) is 81.4 cm³/mol. The second-order valence-electron chi connectivity index (χ2n) is 5.42. The van der Waals surface area contributed by atoms with E-state index in [0.717, 1.165) is 0 Å². The second-order valence-corrected chi connectivity index (χ2v) is 5.83. The van der Waals surface area contributed by atoms with Crippen LogP contribution in [0.1, 0.15) is 31.1 Å². The minimum Gasteiger partial charge on any atom is -0.371 e. The van der Waals surface area contributed by atoms with E-state index in [0.29, 0.717) is 18.6 Å². The van der Waals surface area contributed by atoms with Gasteiger partial charge in [0, 0.05) is 6.61 Å². The minimum atomic E-state index is -0.499. The van der Waals surface area contributed by atoms with E-state index in [4.69, 9.17) is 16.3 Å². The van der Waals surface area contributed by atoms with Crippen LogP contribution in [0.2, 0.25) is 5.02 Å². The molecule has 1 amide bonds. The lowest BCUT2D eigenvalue weighted by atomic mass is 10.0. The molecule has 122 valence electrons. The molecule has 1 aliphatic heterocycles. The zero-order valence-electron chi connectivity index (χ0n) is 12.4. The summed E-state index contributed by atoms with van der Waals surface area (Å²) >= 11 is 5.71. The number of benzene rings is 1. The molecule has 8 heteroatoms. The van der Waals surface area contributed by atoms with Crippen molar-refractivity contribution >= 4 is 17.5 Å². The smallest absolute Gasteiger partial charge is 0.244 e. The number of carbonyl (C=O) groups is 1. The van der Waals surface area contributed by atoms with Gasteiger partial charge >= 0.3 is 0 Å². The molecule has 1 N–H and O–H groups in total. The zero-order valence-corrected chi connectivity index (χ0v) is 13.2. The number of hydrogen-bond acceptors (Lipinski definition) is 4. The van der Waals surface area contributed by atoms with Crippen LogP contribution < -0.4 is 5.32 Å². The summed E-state index contributed by atoms with van der Waals surface area (Å²) in [5, 5.41) is 6.96. The molecule has 3 rings (SSSR count). The molecule has 1 saturated heterocycles. The molecule has 0 spiro atoms. The fourth-order valence-corrected chi connectivity index (χ4v) is 2.71. The molecule has 6 nitrogen and oxygen atoms in total. The van der Waals surface area contributed by atoms with Gasteiger partial charge < -0.3 is 10.1 Å². The maximum absolute atomic E-state index is 13.6. The largest absolute Gasteiger partial charge is 0.371 e. The summed E-state index contributed by atoms with van der Waals surface area (Å²) < 4.78 is 20.8. The van der Waals surface area contributed by atoms with Crippen LogP contribution in [0.4, 0.5) is 4.39 Å². The Bertz CT molecular complexity index is 695. The highest BCUT2D eigenvalue weighted by Crippen LogP contribution is 2.31. The molecule has 1 aromatic carbocycles. The summed E-state index contributed by atoms with van der Waals surface area (Å²) in [7, 11) is 0. The Kier molecular flexibility index (Phi) is 4.58. The lowest BCUT2D eigenvalue weighted by Gasteiger charge is -2.22. The molecule has 2 heterocycles. The summed E-state index contributed by atoms with van der Waals surface area (Å²) in [5.41, 5.74) is 0.656. The number of nitrogens with zero attached hydrogens (tertiary/aromatic N) is 3. The molecule has 1 aromatic heterocycles. The third kappa shape index (κ3) is 3.35. The van der Waals surface area contributed by atoms with Gasteiger partial charge in [0.25, 0.3) is 0 Å². The fourth-order valence-electron chi connectivity index (χ4n) is 2.60. The summed E-state index contributed by atoms with van der Waals surface area (Å²) in [6.07, 6.45) is 3.13. The molecule has 3 atom stereocenters. The topological polar surface area (TPSA) is 69.0 Å². The van der Waals surface area contributed by atoms with Crippen LogP contribution in [0.25, 0.3) is 0 Å². The lowest BCUT2D eigenvalue weighted by Crippen LogP contribution is -2.40. The van der Waals surface area contributed by atoms with Crippen molar-refractivity contribution in [2.24, 2.45) is 0 Å². The minimum absolute atomic E-state index is 0.0622. The van der Waals surface area contributed by atoms with Gasteiger partial charge in [-0.05, 0) is 31.0 Å². The zero-order chi connectivity index (χ0) is 16.4. The van der Waals surface area contributed by atoms with Crippen LogP contribution in [0.15, 0.2) is 30.9 Å². The van der Waals surface area contributed by atoms with Gasteiger partial charge in [0.2, 0.25) is 5.91 Å². The Balaban J connectivity index is 1.71. The molecule has 0 saturated carbocycles. The molecule has 0 aliphatic carbocycles. The molecule has 1 aliphatic rings. The Morgan fingerprint density at radius 1 is 1.57 bits per heavy atom. The maximum atomic E-state index is 13.6. The number of nitrogens with one attached hydrogen (secondary N) is 1. The van der Waals surface area contributed by atoms with E-state index < -0.39 is 18.0 Å². The van der Waals surface area contributed by atoms with Crippen molar-refractivity contribution in [3.05, 3.63) is 47.3 Å². The van der Waals surface area contributed by atoms with Crippen LogP contribution >= 0.6 is 11.6 Å². The quantitative estimate of drug-likeness (QED) is 0.928. The molecule has 0 bridgehead atoms. The monoisotopic (exact) mass is 338 g/mol. The highest BCUT2D eigenvalue weighted by Gasteiger charge is 2.32. The highest BCUT2D eigenvalue weighted by atomic mass is 35.5. The normalized spacial score (nSPS) is 22.0. The van der Waals surface area contributed by atoms with E-state index in [1.165, 1.54) is 29.5 Å². The first-order valence-corrected chi connectivity index (χ1v) is 7.65. The molecule has 0 unspecified atom stereocenters. The van der Waals surface area contributed by atoms with E-state index in [9.17, 15) is 9.18 Å². The van der Waals surface area contributed by atoms with E-state index >= 15 is 0 Å². The molecule has 0 radical (unpaired) electrons. The van der Waals surface area contributed by atoms with Crippen molar-refractivity contribution in [1.29, 1.82) is 0 Å². The first-order chi connectivity index (χ1) is 11.1. The van der Waals surface area contributed by atoms with Crippen molar-refractivity contribution in [3.8, 4) is 0 Å². The molecular formula is C15H16ClFN4O2. The van der Waals surface area contributed by atoms with Gasteiger partial charge in [-0.2, -0.15) is 5.10 Å². The lowest BCUT2D eigenvalue weighted by molar-refractivity contribution is -0.125. The Morgan fingerprint density at radius 3 is 3.09 bits per heavy atom. The highest BCUT2D eigenvalue weighted by molar-refractivity contribution is 6.30. The molecule has 23 heavy (non-hydrogen) atoms.